The summed E-state index contributed by atoms with van der Waals surface area (Å²) in [5, 5.41) is 3.37. The largest absolute Gasteiger partial charge is 0.452 e. The van der Waals surface area contributed by atoms with Gasteiger partial charge in [-0.05, 0) is 78.3 Å². The van der Waals surface area contributed by atoms with Crippen LogP contribution in [0.3, 0.4) is 0 Å². The Morgan fingerprint density at radius 1 is 1.41 bits per heavy atom. The highest BCUT2D eigenvalue weighted by molar-refractivity contribution is 9.13. The molecule has 0 aliphatic rings. The van der Waals surface area contributed by atoms with Crippen LogP contribution in [-0.4, -0.2) is 31.1 Å². The van der Waals surface area contributed by atoms with Crippen LogP contribution in [0.1, 0.15) is 26.0 Å². The molecule has 1 aromatic rings. The molecule has 0 bridgehead atoms. The molecule has 0 aromatic carbocycles. The molecule has 1 rings (SSSR count). The normalized spacial score (nSPS) is 11.7. The lowest BCUT2D eigenvalue weighted by atomic mass is 10.3. The summed E-state index contributed by atoms with van der Waals surface area (Å²) < 4.78 is 7.20. The third-order valence-corrected chi connectivity index (χ3v) is 4.45. The molecule has 0 aliphatic heterocycles. The third-order valence-electron chi connectivity index (χ3n) is 2.74. The van der Waals surface area contributed by atoms with Crippen LogP contribution in [0.5, 0.6) is 0 Å². The summed E-state index contributed by atoms with van der Waals surface area (Å²) in [7, 11) is 2.16. The van der Waals surface area contributed by atoms with Crippen molar-refractivity contribution < 1.29 is 4.42 Å². The molecule has 0 aliphatic carbocycles. The summed E-state index contributed by atoms with van der Waals surface area (Å²) in [4.78, 5) is 2.35. The van der Waals surface area contributed by atoms with Crippen molar-refractivity contribution >= 4 is 31.9 Å². The zero-order valence-corrected chi connectivity index (χ0v) is 13.8. The lowest BCUT2D eigenvalue weighted by molar-refractivity contribution is 0.269. The Morgan fingerprint density at radius 3 is 2.65 bits per heavy atom. The molecule has 1 heterocycles. The van der Waals surface area contributed by atoms with Gasteiger partial charge in [0.05, 0.1) is 11.0 Å². The van der Waals surface area contributed by atoms with Gasteiger partial charge < -0.3 is 14.6 Å². The Balaban J connectivity index is 2.12. The third kappa shape index (κ3) is 5.55. The average Bonchev–Trinajstić information content (AvgIpc) is 2.57. The van der Waals surface area contributed by atoms with Crippen molar-refractivity contribution in [1.82, 2.24) is 10.2 Å². The van der Waals surface area contributed by atoms with E-state index in [9.17, 15) is 0 Å². The second-order valence-electron chi connectivity index (χ2n) is 4.44. The Bertz CT molecular complexity index is 320. The maximum atomic E-state index is 5.48. The van der Waals surface area contributed by atoms with Crippen molar-refractivity contribution in [3.05, 3.63) is 21.0 Å². The minimum atomic E-state index is 0.618. The second-order valence-corrected chi connectivity index (χ2v) is 6.01. The van der Waals surface area contributed by atoms with Gasteiger partial charge in [0.25, 0.3) is 0 Å². The van der Waals surface area contributed by atoms with Gasteiger partial charge in [0, 0.05) is 6.04 Å². The fourth-order valence-electron chi connectivity index (χ4n) is 1.40. The highest BCUT2D eigenvalue weighted by Crippen LogP contribution is 2.26. The van der Waals surface area contributed by atoms with E-state index >= 15 is 0 Å². The molecule has 0 spiro atoms. The van der Waals surface area contributed by atoms with Gasteiger partial charge in [0.15, 0.2) is 4.67 Å². The van der Waals surface area contributed by atoms with E-state index in [1.54, 1.807) is 0 Å². The van der Waals surface area contributed by atoms with Crippen LogP contribution < -0.4 is 5.32 Å². The van der Waals surface area contributed by atoms with E-state index in [4.69, 9.17) is 4.42 Å². The Morgan fingerprint density at radius 2 is 2.12 bits per heavy atom. The van der Waals surface area contributed by atoms with Crippen LogP contribution in [0.25, 0.3) is 0 Å². The standard InChI is InChI=1S/C12H20Br2N2O/c1-9(2)16(3)6-4-5-15-8-10-7-11(13)12(14)17-10/h7,9,15H,4-6,8H2,1-3H3. The topological polar surface area (TPSA) is 28.4 Å². The van der Waals surface area contributed by atoms with Crippen LogP contribution in [0.2, 0.25) is 0 Å². The van der Waals surface area contributed by atoms with E-state index in [-0.39, 0.29) is 0 Å². The molecule has 0 radical (unpaired) electrons. The number of furan rings is 1. The Hall–Kier alpha value is 0.160. The molecule has 0 saturated carbocycles. The van der Waals surface area contributed by atoms with Crippen molar-refractivity contribution in [2.45, 2.75) is 32.9 Å². The molecule has 0 atom stereocenters. The lowest BCUT2D eigenvalue weighted by Crippen LogP contribution is -2.29. The van der Waals surface area contributed by atoms with Crippen LogP contribution in [-0.2, 0) is 6.54 Å². The van der Waals surface area contributed by atoms with Gasteiger partial charge in [0.2, 0.25) is 0 Å². The predicted molar refractivity (Wildman–Crippen MR) is 78.2 cm³/mol. The highest BCUT2D eigenvalue weighted by Gasteiger charge is 2.05. The summed E-state index contributed by atoms with van der Waals surface area (Å²) >= 11 is 6.72. The maximum Gasteiger partial charge on any atom is 0.183 e. The Kier molecular flexibility index (Phi) is 6.77. The number of halogens is 2. The van der Waals surface area contributed by atoms with Gasteiger partial charge in [-0.2, -0.15) is 0 Å². The lowest BCUT2D eigenvalue weighted by Gasteiger charge is -2.20. The van der Waals surface area contributed by atoms with Crippen LogP contribution in [0, 0.1) is 0 Å². The summed E-state index contributed by atoms with van der Waals surface area (Å²) in [5.41, 5.74) is 0. The number of nitrogens with zero attached hydrogens (tertiary/aromatic N) is 1. The van der Waals surface area contributed by atoms with Crippen molar-refractivity contribution in [2.75, 3.05) is 20.1 Å². The van der Waals surface area contributed by atoms with Gasteiger partial charge in [-0.25, -0.2) is 0 Å². The fraction of sp³-hybridized carbons (Fsp3) is 0.667. The summed E-state index contributed by atoms with van der Waals surface area (Å²) in [6.45, 7) is 7.33. The van der Waals surface area contributed by atoms with E-state index in [2.05, 4.69) is 63.0 Å². The molecule has 0 amide bonds. The molecular weight excluding hydrogens is 348 g/mol. The Labute approximate surface area is 120 Å². The zero-order valence-electron chi connectivity index (χ0n) is 10.6. The molecule has 1 aromatic heterocycles. The smallest absolute Gasteiger partial charge is 0.183 e. The molecular formula is C12H20Br2N2O. The van der Waals surface area contributed by atoms with E-state index in [1.165, 1.54) is 0 Å². The average molecular weight is 368 g/mol. The van der Waals surface area contributed by atoms with E-state index < -0.39 is 0 Å². The van der Waals surface area contributed by atoms with Crippen LogP contribution in [0.15, 0.2) is 19.6 Å². The number of nitrogens with one attached hydrogen (secondary N) is 1. The molecule has 1 N–H and O–H groups in total. The van der Waals surface area contributed by atoms with Crippen molar-refractivity contribution in [1.29, 1.82) is 0 Å². The monoisotopic (exact) mass is 366 g/mol. The van der Waals surface area contributed by atoms with Crippen LogP contribution >= 0.6 is 31.9 Å². The molecule has 3 nitrogen and oxygen atoms in total. The van der Waals surface area contributed by atoms with Gasteiger partial charge in [-0.15, -0.1) is 0 Å². The highest BCUT2D eigenvalue weighted by atomic mass is 79.9. The van der Waals surface area contributed by atoms with Crippen LogP contribution in [0.4, 0.5) is 0 Å². The van der Waals surface area contributed by atoms with E-state index in [0.29, 0.717) is 6.04 Å². The molecule has 0 fully saturated rings. The first kappa shape index (κ1) is 15.2. The molecule has 0 saturated heterocycles. The molecule has 17 heavy (non-hydrogen) atoms. The summed E-state index contributed by atoms with van der Waals surface area (Å²) in [6.07, 6.45) is 1.15. The van der Waals surface area contributed by atoms with E-state index in [0.717, 1.165) is 41.0 Å². The second kappa shape index (κ2) is 7.56. The first-order chi connectivity index (χ1) is 8.00. The van der Waals surface area contributed by atoms with Gasteiger partial charge in [-0.3, -0.25) is 0 Å². The van der Waals surface area contributed by atoms with E-state index in [1.807, 2.05) is 6.07 Å². The first-order valence-corrected chi connectivity index (χ1v) is 7.44. The quantitative estimate of drug-likeness (QED) is 0.746. The first-order valence-electron chi connectivity index (χ1n) is 5.85. The SMILES string of the molecule is CC(C)N(C)CCCNCc1cc(Br)c(Br)o1. The van der Waals surface area contributed by atoms with Gasteiger partial charge in [0.1, 0.15) is 5.76 Å². The molecule has 0 unspecified atom stereocenters. The summed E-state index contributed by atoms with van der Waals surface area (Å²) in [6, 6.07) is 2.60. The maximum absolute atomic E-state index is 5.48. The minimum Gasteiger partial charge on any atom is -0.452 e. The van der Waals surface area contributed by atoms with Gasteiger partial charge in [-0.1, -0.05) is 0 Å². The number of hydrogen-bond acceptors (Lipinski definition) is 3. The summed E-state index contributed by atoms with van der Waals surface area (Å²) in [5.74, 6) is 0.945. The fourth-order valence-corrected chi connectivity index (χ4v) is 2.06. The number of rotatable bonds is 7. The van der Waals surface area contributed by atoms with Crippen molar-refractivity contribution in [3.63, 3.8) is 0 Å². The van der Waals surface area contributed by atoms with Crippen molar-refractivity contribution in [2.24, 2.45) is 0 Å². The van der Waals surface area contributed by atoms with Crippen molar-refractivity contribution in [3.8, 4) is 0 Å². The van der Waals surface area contributed by atoms with Gasteiger partial charge >= 0.3 is 0 Å². The molecule has 5 heteroatoms. The minimum absolute atomic E-state index is 0.618. The molecule has 98 valence electrons. The zero-order chi connectivity index (χ0) is 12.8. The number of hydrogen-bond donors (Lipinski definition) is 1. The predicted octanol–water partition coefficient (Wildman–Crippen LogP) is 3.62.